The maximum absolute atomic E-state index is 12.4. The molecular formula is C15H19N3OS. The van der Waals surface area contributed by atoms with Crippen molar-refractivity contribution in [2.24, 2.45) is 5.92 Å². The number of nitrogens with zero attached hydrogens (tertiary/aromatic N) is 1. The fraction of sp³-hybridized carbons (Fsp3) is 0.467. The summed E-state index contributed by atoms with van der Waals surface area (Å²) in [6.07, 6.45) is 6.68. The van der Waals surface area contributed by atoms with Crippen LogP contribution in [0.15, 0.2) is 18.3 Å². The highest BCUT2D eigenvalue weighted by Crippen LogP contribution is 2.32. The highest BCUT2D eigenvalue weighted by atomic mass is 32.1. The topological polar surface area (TPSA) is 68.0 Å². The maximum atomic E-state index is 12.4. The van der Waals surface area contributed by atoms with E-state index in [1.54, 1.807) is 6.20 Å². The van der Waals surface area contributed by atoms with Crippen molar-refractivity contribution in [3.63, 3.8) is 0 Å². The quantitative estimate of drug-likeness (QED) is 0.911. The summed E-state index contributed by atoms with van der Waals surface area (Å²) in [6, 6.07) is 4.02. The average Bonchev–Trinajstić information content (AvgIpc) is 3.07. The van der Waals surface area contributed by atoms with E-state index in [4.69, 9.17) is 5.73 Å². The Morgan fingerprint density at radius 3 is 2.95 bits per heavy atom. The fourth-order valence-corrected chi connectivity index (χ4v) is 3.95. The molecule has 2 aromatic rings. The fourth-order valence-electron chi connectivity index (χ4n) is 2.96. The van der Waals surface area contributed by atoms with Gasteiger partial charge < -0.3 is 11.1 Å². The number of carbonyl (C=O) groups excluding carboxylic acids is 1. The Labute approximate surface area is 122 Å². The SMILES string of the molecule is CC(NC(=O)c1sc2cccnc2c1N)C1CCCC1. The molecule has 5 heteroatoms. The number of amides is 1. The van der Waals surface area contributed by atoms with Gasteiger partial charge in [-0.2, -0.15) is 0 Å². The lowest BCUT2D eigenvalue weighted by molar-refractivity contribution is 0.0932. The normalized spacial score (nSPS) is 17.4. The summed E-state index contributed by atoms with van der Waals surface area (Å²) in [5.41, 5.74) is 7.29. The largest absolute Gasteiger partial charge is 0.396 e. The molecule has 0 aromatic carbocycles. The molecule has 2 heterocycles. The molecule has 1 amide bonds. The van der Waals surface area contributed by atoms with Gasteiger partial charge in [-0.05, 0) is 37.8 Å². The zero-order valence-electron chi connectivity index (χ0n) is 11.6. The second-order valence-electron chi connectivity index (χ2n) is 5.50. The number of nitrogens with one attached hydrogen (secondary N) is 1. The van der Waals surface area contributed by atoms with Gasteiger partial charge in [-0.15, -0.1) is 11.3 Å². The van der Waals surface area contributed by atoms with Crippen LogP contribution in [0.2, 0.25) is 0 Å². The van der Waals surface area contributed by atoms with Crippen molar-refractivity contribution < 1.29 is 4.79 Å². The van der Waals surface area contributed by atoms with E-state index in [1.807, 2.05) is 12.1 Å². The number of hydrogen-bond acceptors (Lipinski definition) is 4. The molecule has 106 valence electrons. The van der Waals surface area contributed by atoms with Crippen molar-refractivity contribution in [2.45, 2.75) is 38.6 Å². The van der Waals surface area contributed by atoms with Crippen LogP contribution in [0.4, 0.5) is 5.69 Å². The summed E-state index contributed by atoms with van der Waals surface area (Å²) < 4.78 is 0.962. The summed E-state index contributed by atoms with van der Waals surface area (Å²) in [5.74, 6) is 0.539. The van der Waals surface area contributed by atoms with Crippen LogP contribution in [-0.4, -0.2) is 16.9 Å². The van der Waals surface area contributed by atoms with Crippen molar-refractivity contribution in [1.29, 1.82) is 0 Å². The Morgan fingerprint density at radius 1 is 1.50 bits per heavy atom. The van der Waals surface area contributed by atoms with Crippen molar-refractivity contribution in [3.8, 4) is 0 Å². The first-order chi connectivity index (χ1) is 9.66. The van der Waals surface area contributed by atoms with Crippen LogP contribution >= 0.6 is 11.3 Å². The monoisotopic (exact) mass is 289 g/mol. The van der Waals surface area contributed by atoms with Gasteiger partial charge in [0.25, 0.3) is 5.91 Å². The van der Waals surface area contributed by atoms with Gasteiger partial charge in [-0.25, -0.2) is 0 Å². The molecular weight excluding hydrogens is 270 g/mol. The van der Waals surface area contributed by atoms with E-state index in [9.17, 15) is 4.79 Å². The number of thiophene rings is 1. The molecule has 1 aliphatic rings. The molecule has 0 radical (unpaired) electrons. The number of aromatic nitrogens is 1. The van der Waals surface area contributed by atoms with Crippen LogP contribution in [-0.2, 0) is 0 Å². The molecule has 2 aromatic heterocycles. The van der Waals surface area contributed by atoms with Crippen molar-refractivity contribution >= 4 is 33.1 Å². The first-order valence-electron chi connectivity index (χ1n) is 7.10. The Balaban J connectivity index is 1.80. The number of anilines is 1. The predicted molar refractivity (Wildman–Crippen MR) is 82.9 cm³/mol. The van der Waals surface area contributed by atoms with Crippen LogP contribution < -0.4 is 11.1 Å². The van der Waals surface area contributed by atoms with E-state index >= 15 is 0 Å². The van der Waals surface area contributed by atoms with Gasteiger partial charge in [0.05, 0.1) is 10.4 Å². The van der Waals surface area contributed by atoms with E-state index in [-0.39, 0.29) is 11.9 Å². The minimum absolute atomic E-state index is 0.0649. The molecule has 0 spiro atoms. The summed E-state index contributed by atoms with van der Waals surface area (Å²) in [7, 11) is 0. The third-order valence-corrected chi connectivity index (χ3v) is 5.31. The molecule has 1 saturated carbocycles. The standard InChI is InChI=1S/C15H19N3OS/c1-9(10-5-2-3-6-10)18-15(19)14-12(16)13-11(20-14)7-4-8-17-13/h4,7-10H,2-3,5-6,16H2,1H3,(H,18,19). The number of nitrogen functional groups attached to an aromatic ring is 1. The second kappa shape index (κ2) is 5.40. The third kappa shape index (κ3) is 2.38. The van der Waals surface area contributed by atoms with Crippen LogP contribution in [0.1, 0.15) is 42.3 Å². The molecule has 3 N–H and O–H groups in total. The Kier molecular flexibility index (Phi) is 3.61. The zero-order chi connectivity index (χ0) is 14.1. The number of rotatable bonds is 3. The summed E-state index contributed by atoms with van der Waals surface area (Å²) in [5, 5.41) is 3.10. The first kappa shape index (κ1) is 13.4. The lowest BCUT2D eigenvalue weighted by Gasteiger charge is -2.20. The van der Waals surface area contributed by atoms with Gasteiger partial charge in [0.2, 0.25) is 0 Å². The molecule has 4 nitrogen and oxygen atoms in total. The highest BCUT2D eigenvalue weighted by molar-refractivity contribution is 7.21. The molecule has 0 aliphatic heterocycles. The van der Waals surface area contributed by atoms with Crippen LogP contribution in [0.25, 0.3) is 10.2 Å². The van der Waals surface area contributed by atoms with E-state index in [2.05, 4.69) is 17.2 Å². The highest BCUT2D eigenvalue weighted by Gasteiger charge is 2.25. The molecule has 3 rings (SSSR count). The van der Waals surface area contributed by atoms with E-state index in [0.717, 1.165) is 10.2 Å². The van der Waals surface area contributed by atoms with Crippen molar-refractivity contribution in [2.75, 3.05) is 5.73 Å². The summed E-state index contributed by atoms with van der Waals surface area (Å²) in [4.78, 5) is 17.2. The number of fused-ring (bicyclic) bond motifs is 1. The number of hydrogen-bond donors (Lipinski definition) is 2. The van der Waals surface area contributed by atoms with Gasteiger partial charge in [-0.1, -0.05) is 12.8 Å². The van der Waals surface area contributed by atoms with Gasteiger partial charge in [-0.3, -0.25) is 9.78 Å². The smallest absolute Gasteiger partial charge is 0.263 e. The Bertz CT molecular complexity index is 631. The Hall–Kier alpha value is -1.62. The van der Waals surface area contributed by atoms with Crippen LogP contribution in [0.3, 0.4) is 0 Å². The van der Waals surface area contributed by atoms with E-state index in [0.29, 0.717) is 16.5 Å². The molecule has 1 aliphatic carbocycles. The maximum Gasteiger partial charge on any atom is 0.263 e. The minimum Gasteiger partial charge on any atom is -0.396 e. The van der Waals surface area contributed by atoms with E-state index < -0.39 is 0 Å². The van der Waals surface area contributed by atoms with E-state index in [1.165, 1.54) is 37.0 Å². The Morgan fingerprint density at radius 2 is 2.25 bits per heavy atom. The molecule has 1 unspecified atom stereocenters. The van der Waals surface area contributed by atoms with Crippen molar-refractivity contribution in [1.82, 2.24) is 10.3 Å². The lowest BCUT2D eigenvalue weighted by Crippen LogP contribution is -2.37. The lowest BCUT2D eigenvalue weighted by atomic mass is 10.00. The summed E-state index contributed by atoms with van der Waals surface area (Å²) in [6.45, 7) is 2.09. The zero-order valence-corrected chi connectivity index (χ0v) is 12.4. The average molecular weight is 289 g/mol. The second-order valence-corrected chi connectivity index (χ2v) is 6.55. The molecule has 1 fully saturated rings. The van der Waals surface area contributed by atoms with Gasteiger partial charge >= 0.3 is 0 Å². The third-order valence-electron chi connectivity index (χ3n) is 4.15. The molecule has 1 atom stereocenters. The minimum atomic E-state index is -0.0649. The van der Waals surface area contributed by atoms with Gasteiger partial charge in [0.1, 0.15) is 10.4 Å². The number of nitrogens with two attached hydrogens (primary N) is 1. The summed E-state index contributed by atoms with van der Waals surface area (Å²) >= 11 is 1.42. The van der Waals surface area contributed by atoms with Crippen molar-refractivity contribution in [3.05, 3.63) is 23.2 Å². The first-order valence-corrected chi connectivity index (χ1v) is 7.92. The predicted octanol–water partition coefficient (Wildman–Crippen LogP) is 3.19. The molecule has 0 bridgehead atoms. The van der Waals surface area contributed by atoms with Gasteiger partial charge in [0.15, 0.2) is 0 Å². The van der Waals surface area contributed by atoms with Crippen LogP contribution in [0.5, 0.6) is 0 Å². The van der Waals surface area contributed by atoms with Gasteiger partial charge in [0, 0.05) is 12.2 Å². The van der Waals surface area contributed by atoms with Crippen LogP contribution in [0, 0.1) is 5.92 Å². The molecule has 0 saturated heterocycles. The number of carbonyl (C=O) groups is 1. The number of pyridine rings is 1. The molecule has 20 heavy (non-hydrogen) atoms.